The van der Waals surface area contributed by atoms with Crippen LogP contribution in [0, 0.1) is 0 Å². The van der Waals surface area contributed by atoms with Gasteiger partial charge in [0.05, 0.1) is 0 Å². The fraction of sp³-hybridized carbons (Fsp3) is 0.455. The van der Waals surface area contributed by atoms with Gasteiger partial charge in [0.2, 0.25) is 0 Å². The van der Waals surface area contributed by atoms with Crippen molar-refractivity contribution in [3.8, 4) is 0 Å². The van der Waals surface area contributed by atoms with E-state index in [1.54, 1.807) is 0 Å². The van der Waals surface area contributed by atoms with Gasteiger partial charge in [0.15, 0.2) is 0 Å². The van der Waals surface area contributed by atoms with Crippen LogP contribution >= 0.6 is 24.2 Å². The van der Waals surface area contributed by atoms with Crippen molar-refractivity contribution < 1.29 is 0 Å². The van der Waals surface area contributed by atoms with Crippen molar-refractivity contribution in [3.05, 3.63) is 30.3 Å². The van der Waals surface area contributed by atoms with Gasteiger partial charge in [-0.05, 0) is 25.0 Å². The number of hydrogen-bond acceptors (Lipinski definition) is 2. The molecular formula is C11H16ClNS. The molecule has 0 spiro atoms. The summed E-state index contributed by atoms with van der Waals surface area (Å²) in [5, 5.41) is 0.641. The monoisotopic (exact) mass is 229 g/mol. The largest absolute Gasteiger partial charge is 0.327 e. The molecule has 1 aliphatic carbocycles. The van der Waals surface area contributed by atoms with Crippen molar-refractivity contribution in [2.24, 2.45) is 5.73 Å². The van der Waals surface area contributed by atoms with Crippen LogP contribution in [0.3, 0.4) is 0 Å². The Bertz CT molecular complexity index is 265. The summed E-state index contributed by atoms with van der Waals surface area (Å²) in [7, 11) is 0. The second-order valence-corrected chi connectivity index (χ2v) is 4.88. The second-order valence-electron chi connectivity index (χ2n) is 3.56. The number of thioether (sulfide) groups is 1. The molecule has 1 saturated carbocycles. The Kier molecular flexibility index (Phi) is 4.79. The topological polar surface area (TPSA) is 26.0 Å². The van der Waals surface area contributed by atoms with E-state index in [0.29, 0.717) is 11.3 Å². The van der Waals surface area contributed by atoms with Crippen LogP contribution in [0.2, 0.25) is 0 Å². The van der Waals surface area contributed by atoms with Crippen LogP contribution in [-0.4, -0.2) is 11.3 Å². The Morgan fingerprint density at radius 2 is 1.86 bits per heavy atom. The van der Waals surface area contributed by atoms with Crippen molar-refractivity contribution in [2.45, 2.75) is 35.4 Å². The lowest BCUT2D eigenvalue weighted by atomic mass is 10.3. The first-order chi connectivity index (χ1) is 6.36. The lowest BCUT2D eigenvalue weighted by Crippen LogP contribution is -2.26. The minimum absolute atomic E-state index is 0. The van der Waals surface area contributed by atoms with Crippen molar-refractivity contribution >= 4 is 24.2 Å². The van der Waals surface area contributed by atoms with Crippen LogP contribution in [0.15, 0.2) is 35.2 Å². The Balaban J connectivity index is 0.000000980. The Labute approximate surface area is 95.9 Å². The van der Waals surface area contributed by atoms with Gasteiger partial charge in [-0.25, -0.2) is 0 Å². The number of benzene rings is 1. The van der Waals surface area contributed by atoms with E-state index < -0.39 is 0 Å². The molecule has 2 rings (SSSR count). The highest BCUT2D eigenvalue weighted by molar-refractivity contribution is 8.00. The minimum atomic E-state index is 0. The Morgan fingerprint density at radius 1 is 1.14 bits per heavy atom. The highest BCUT2D eigenvalue weighted by Gasteiger charge is 2.24. The summed E-state index contributed by atoms with van der Waals surface area (Å²) in [6, 6.07) is 11.0. The molecule has 1 nitrogen and oxygen atoms in total. The van der Waals surface area contributed by atoms with Gasteiger partial charge >= 0.3 is 0 Å². The van der Waals surface area contributed by atoms with Gasteiger partial charge in [0.25, 0.3) is 0 Å². The van der Waals surface area contributed by atoms with Crippen LogP contribution in [0.1, 0.15) is 19.3 Å². The molecule has 3 heteroatoms. The predicted octanol–water partition coefficient (Wildman–Crippen LogP) is 3.08. The third kappa shape index (κ3) is 2.91. The molecule has 0 radical (unpaired) electrons. The summed E-state index contributed by atoms with van der Waals surface area (Å²) in [6.45, 7) is 0. The molecule has 2 atom stereocenters. The summed E-state index contributed by atoms with van der Waals surface area (Å²) in [5.41, 5.74) is 6.01. The zero-order valence-corrected chi connectivity index (χ0v) is 9.69. The van der Waals surface area contributed by atoms with E-state index in [2.05, 4.69) is 30.3 Å². The molecule has 0 aromatic heterocycles. The Hall–Kier alpha value is -0.180. The molecule has 78 valence electrons. The average Bonchev–Trinajstić information content (AvgIpc) is 2.54. The van der Waals surface area contributed by atoms with Gasteiger partial charge in [-0.1, -0.05) is 24.6 Å². The molecule has 2 N–H and O–H groups in total. The molecule has 0 unspecified atom stereocenters. The fourth-order valence-electron chi connectivity index (χ4n) is 1.77. The fourth-order valence-corrected chi connectivity index (χ4v) is 3.03. The summed E-state index contributed by atoms with van der Waals surface area (Å²) in [5.74, 6) is 0. The van der Waals surface area contributed by atoms with Gasteiger partial charge in [0.1, 0.15) is 0 Å². The molecule has 0 aliphatic heterocycles. The van der Waals surface area contributed by atoms with Gasteiger partial charge in [-0.15, -0.1) is 24.2 Å². The van der Waals surface area contributed by atoms with E-state index in [9.17, 15) is 0 Å². The average molecular weight is 230 g/mol. The molecule has 1 aromatic rings. The minimum Gasteiger partial charge on any atom is -0.327 e. The number of hydrogen-bond donors (Lipinski definition) is 1. The van der Waals surface area contributed by atoms with Gasteiger partial charge in [-0.3, -0.25) is 0 Å². The standard InChI is InChI=1S/C11H15NS.ClH/c12-10-7-4-8-11(10)13-9-5-2-1-3-6-9;/h1-3,5-6,10-11H,4,7-8,12H2;1H/t10-,11+;/m1./s1. The molecule has 1 fully saturated rings. The van der Waals surface area contributed by atoms with E-state index >= 15 is 0 Å². The van der Waals surface area contributed by atoms with Crippen molar-refractivity contribution in [3.63, 3.8) is 0 Å². The van der Waals surface area contributed by atoms with Crippen molar-refractivity contribution in [1.29, 1.82) is 0 Å². The lowest BCUT2D eigenvalue weighted by Gasteiger charge is -2.14. The molecular weight excluding hydrogens is 214 g/mol. The van der Waals surface area contributed by atoms with E-state index in [1.807, 2.05) is 11.8 Å². The van der Waals surface area contributed by atoms with Crippen LogP contribution < -0.4 is 5.73 Å². The maximum Gasteiger partial charge on any atom is 0.0246 e. The first-order valence-electron chi connectivity index (χ1n) is 4.83. The highest BCUT2D eigenvalue weighted by atomic mass is 35.5. The van der Waals surface area contributed by atoms with Crippen molar-refractivity contribution in [1.82, 2.24) is 0 Å². The Morgan fingerprint density at radius 3 is 2.43 bits per heavy atom. The van der Waals surface area contributed by atoms with Crippen LogP contribution in [0.4, 0.5) is 0 Å². The van der Waals surface area contributed by atoms with Gasteiger partial charge < -0.3 is 5.73 Å². The number of nitrogens with two attached hydrogens (primary N) is 1. The summed E-state index contributed by atoms with van der Waals surface area (Å²) in [6.07, 6.45) is 3.77. The zero-order valence-electron chi connectivity index (χ0n) is 8.06. The molecule has 1 aromatic carbocycles. The first kappa shape index (κ1) is 11.9. The SMILES string of the molecule is Cl.N[C@@H]1CCC[C@@H]1Sc1ccccc1. The van der Waals surface area contributed by atoms with E-state index in [0.717, 1.165) is 0 Å². The maximum atomic E-state index is 6.01. The molecule has 1 aliphatic rings. The van der Waals surface area contributed by atoms with Crippen molar-refractivity contribution in [2.75, 3.05) is 0 Å². The number of rotatable bonds is 2. The zero-order chi connectivity index (χ0) is 9.10. The summed E-state index contributed by atoms with van der Waals surface area (Å²) in [4.78, 5) is 1.35. The lowest BCUT2D eigenvalue weighted by molar-refractivity contribution is 0.716. The van der Waals surface area contributed by atoms with E-state index in [1.165, 1.54) is 24.2 Å². The van der Waals surface area contributed by atoms with E-state index in [4.69, 9.17) is 5.73 Å². The third-order valence-electron chi connectivity index (χ3n) is 2.53. The molecule has 0 amide bonds. The first-order valence-corrected chi connectivity index (χ1v) is 5.71. The number of halogens is 1. The third-order valence-corrected chi connectivity index (χ3v) is 3.97. The molecule has 14 heavy (non-hydrogen) atoms. The van der Waals surface area contributed by atoms with Crippen LogP contribution in [0.25, 0.3) is 0 Å². The van der Waals surface area contributed by atoms with E-state index in [-0.39, 0.29) is 12.4 Å². The quantitative estimate of drug-likeness (QED) is 0.844. The van der Waals surface area contributed by atoms with Gasteiger partial charge in [-0.2, -0.15) is 0 Å². The summed E-state index contributed by atoms with van der Waals surface area (Å²) < 4.78 is 0. The molecule has 0 bridgehead atoms. The van der Waals surface area contributed by atoms with Crippen LogP contribution in [0.5, 0.6) is 0 Å². The normalized spacial score (nSPS) is 25.8. The molecule has 0 heterocycles. The van der Waals surface area contributed by atoms with Crippen LogP contribution in [-0.2, 0) is 0 Å². The molecule has 0 saturated heterocycles. The highest BCUT2D eigenvalue weighted by Crippen LogP contribution is 2.33. The van der Waals surface area contributed by atoms with Gasteiger partial charge in [0, 0.05) is 16.2 Å². The smallest absolute Gasteiger partial charge is 0.0246 e. The maximum absolute atomic E-state index is 6.01. The second kappa shape index (κ2) is 5.64. The predicted molar refractivity (Wildman–Crippen MR) is 65.2 cm³/mol. The summed E-state index contributed by atoms with van der Waals surface area (Å²) >= 11 is 1.93.